The van der Waals surface area contributed by atoms with E-state index in [0.29, 0.717) is 18.0 Å². The standard InChI is InChI=1S/C10H14N4O3S/c15-7(11-9-12-13-14-18-9)6-10(8(16)17)4-2-1-3-5-10/h1-6H2,(H,16,17)(H,11,12,14,15). The van der Waals surface area contributed by atoms with Crippen molar-refractivity contribution in [1.29, 1.82) is 0 Å². The molecule has 0 spiro atoms. The third kappa shape index (κ3) is 2.81. The largest absolute Gasteiger partial charge is 0.481 e. The average molecular weight is 270 g/mol. The summed E-state index contributed by atoms with van der Waals surface area (Å²) in [6.45, 7) is 0. The number of carboxylic acids is 1. The second-order valence-electron chi connectivity index (χ2n) is 4.54. The number of carboxylic acid groups (broad SMARTS) is 1. The van der Waals surface area contributed by atoms with Crippen molar-refractivity contribution in [2.45, 2.75) is 38.5 Å². The van der Waals surface area contributed by atoms with Crippen molar-refractivity contribution in [3.8, 4) is 0 Å². The molecule has 1 saturated carbocycles. The summed E-state index contributed by atoms with van der Waals surface area (Å²) in [5.74, 6) is -1.22. The molecule has 0 radical (unpaired) electrons. The van der Waals surface area contributed by atoms with Crippen LogP contribution in [0.25, 0.3) is 0 Å². The number of hydrogen-bond acceptors (Lipinski definition) is 6. The van der Waals surface area contributed by atoms with Crippen LogP contribution < -0.4 is 5.32 Å². The summed E-state index contributed by atoms with van der Waals surface area (Å²) in [7, 11) is 0. The predicted octanol–water partition coefficient (Wildman–Crippen LogP) is 1.30. The number of hydrogen-bond donors (Lipinski definition) is 2. The molecule has 2 N–H and O–H groups in total. The van der Waals surface area contributed by atoms with Gasteiger partial charge in [0.15, 0.2) is 0 Å². The summed E-state index contributed by atoms with van der Waals surface area (Å²) < 4.78 is 3.52. The van der Waals surface area contributed by atoms with Crippen LogP contribution in [0.5, 0.6) is 0 Å². The van der Waals surface area contributed by atoms with Crippen molar-refractivity contribution in [2.24, 2.45) is 5.41 Å². The Labute approximate surface area is 108 Å². The number of rotatable bonds is 4. The fourth-order valence-electron chi connectivity index (χ4n) is 2.35. The zero-order valence-electron chi connectivity index (χ0n) is 9.76. The van der Waals surface area contributed by atoms with E-state index in [1.165, 1.54) is 0 Å². The maximum atomic E-state index is 11.8. The molecule has 8 heteroatoms. The molecule has 0 unspecified atom stereocenters. The minimum Gasteiger partial charge on any atom is -0.481 e. The lowest BCUT2D eigenvalue weighted by Crippen LogP contribution is -2.37. The van der Waals surface area contributed by atoms with Crippen LogP contribution in [0.4, 0.5) is 5.13 Å². The number of nitrogens with zero attached hydrogens (tertiary/aromatic N) is 3. The molecule has 98 valence electrons. The first-order valence-corrected chi connectivity index (χ1v) is 6.58. The van der Waals surface area contributed by atoms with E-state index in [9.17, 15) is 14.7 Å². The Bertz CT molecular complexity index is 428. The molecule has 1 heterocycles. The average Bonchev–Trinajstić information content (AvgIpc) is 2.82. The Morgan fingerprint density at radius 1 is 1.33 bits per heavy atom. The first-order valence-electron chi connectivity index (χ1n) is 5.81. The number of anilines is 1. The lowest BCUT2D eigenvalue weighted by atomic mass is 9.71. The Hall–Kier alpha value is -1.57. The van der Waals surface area contributed by atoms with Gasteiger partial charge < -0.3 is 5.11 Å². The van der Waals surface area contributed by atoms with E-state index >= 15 is 0 Å². The molecule has 2 rings (SSSR count). The van der Waals surface area contributed by atoms with Crippen LogP contribution in [0, 0.1) is 5.41 Å². The molecule has 18 heavy (non-hydrogen) atoms. The molecule has 1 aliphatic carbocycles. The van der Waals surface area contributed by atoms with Crippen LogP contribution >= 0.6 is 11.5 Å². The number of amides is 1. The summed E-state index contributed by atoms with van der Waals surface area (Å²) in [5, 5.41) is 19.1. The van der Waals surface area contributed by atoms with Crippen LogP contribution in [0.15, 0.2) is 0 Å². The lowest BCUT2D eigenvalue weighted by Gasteiger charge is -2.32. The summed E-state index contributed by atoms with van der Waals surface area (Å²) in [5.41, 5.74) is -0.916. The maximum absolute atomic E-state index is 11.8. The third-order valence-electron chi connectivity index (χ3n) is 3.31. The molecule has 0 aliphatic heterocycles. The van der Waals surface area contributed by atoms with Gasteiger partial charge in [-0.05, 0) is 18.1 Å². The molecule has 1 aromatic rings. The zero-order chi connectivity index (χ0) is 13.0. The van der Waals surface area contributed by atoms with Gasteiger partial charge in [0.2, 0.25) is 11.0 Å². The molecular formula is C10H14N4O3S. The normalized spacial score (nSPS) is 18.2. The van der Waals surface area contributed by atoms with Crippen molar-refractivity contribution < 1.29 is 14.7 Å². The molecule has 1 fully saturated rings. The monoisotopic (exact) mass is 270 g/mol. The second kappa shape index (κ2) is 5.38. The fourth-order valence-corrected chi connectivity index (χ4v) is 2.73. The van der Waals surface area contributed by atoms with Crippen molar-refractivity contribution >= 4 is 28.5 Å². The van der Waals surface area contributed by atoms with Crippen molar-refractivity contribution in [3.63, 3.8) is 0 Å². The Morgan fingerprint density at radius 3 is 2.61 bits per heavy atom. The molecule has 0 aromatic carbocycles. The molecule has 0 bridgehead atoms. The summed E-state index contributed by atoms with van der Waals surface area (Å²) in [6, 6.07) is 0. The Kier molecular flexibility index (Phi) is 3.85. The summed E-state index contributed by atoms with van der Waals surface area (Å²) >= 11 is 0.969. The van der Waals surface area contributed by atoms with Gasteiger partial charge in [-0.15, -0.1) is 0 Å². The summed E-state index contributed by atoms with van der Waals surface area (Å²) in [6.07, 6.45) is 3.87. The molecule has 1 aromatic heterocycles. The van der Waals surface area contributed by atoms with Gasteiger partial charge in [0, 0.05) is 18.0 Å². The molecular weight excluding hydrogens is 256 g/mol. The topological polar surface area (TPSA) is 105 Å². The summed E-state index contributed by atoms with van der Waals surface area (Å²) in [4.78, 5) is 23.2. The molecule has 0 saturated heterocycles. The van der Waals surface area contributed by atoms with Gasteiger partial charge in [0.05, 0.1) is 5.41 Å². The number of aromatic nitrogens is 3. The van der Waals surface area contributed by atoms with E-state index in [4.69, 9.17) is 0 Å². The smallest absolute Gasteiger partial charge is 0.310 e. The maximum Gasteiger partial charge on any atom is 0.310 e. The van der Waals surface area contributed by atoms with Crippen molar-refractivity contribution in [3.05, 3.63) is 0 Å². The van der Waals surface area contributed by atoms with E-state index in [2.05, 4.69) is 20.1 Å². The van der Waals surface area contributed by atoms with Crippen LogP contribution in [0.2, 0.25) is 0 Å². The zero-order valence-corrected chi connectivity index (χ0v) is 10.6. The SMILES string of the molecule is O=C(CC1(C(=O)O)CCCCC1)Nc1nnns1. The number of carbonyl (C=O) groups is 2. The first-order chi connectivity index (χ1) is 8.62. The van der Waals surface area contributed by atoms with Gasteiger partial charge in [-0.25, -0.2) is 0 Å². The number of carbonyl (C=O) groups excluding carboxylic acids is 1. The van der Waals surface area contributed by atoms with E-state index < -0.39 is 11.4 Å². The van der Waals surface area contributed by atoms with E-state index in [1.807, 2.05) is 0 Å². The quantitative estimate of drug-likeness (QED) is 0.854. The van der Waals surface area contributed by atoms with Gasteiger partial charge >= 0.3 is 5.97 Å². The highest BCUT2D eigenvalue weighted by Crippen LogP contribution is 2.39. The second-order valence-corrected chi connectivity index (χ2v) is 5.27. The highest BCUT2D eigenvalue weighted by molar-refractivity contribution is 7.09. The number of nitrogens with one attached hydrogen (secondary N) is 1. The van der Waals surface area contributed by atoms with E-state index in [-0.39, 0.29) is 12.3 Å². The minimum atomic E-state index is -0.916. The van der Waals surface area contributed by atoms with E-state index in [1.54, 1.807) is 0 Å². The van der Waals surface area contributed by atoms with Crippen molar-refractivity contribution in [2.75, 3.05) is 5.32 Å². The van der Waals surface area contributed by atoms with E-state index in [0.717, 1.165) is 30.8 Å². The molecule has 1 amide bonds. The van der Waals surface area contributed by atoms with Crippen LogP contribution in [0.3, 0.4) is 0 Å². The lowest BCUT2D eigenvalue weighted by molar-refractivity contribution is -0.153. The first kappa shape index (κ1) is 12.9. The molecule has 7 nitrogen and oxygen atoms in total. The van der Waals surface area contributed by atoms with Crippen LogP contribution in [0.1, 0.15) is 38.5 Å². The third-order valence-corrected chi connectivity index (χ3v) is 3.82. The van der Waals surface area contributed by atoms with Crippen LogP contribution in [-0.2, 0) is 9.59 Å². The Balaban J connectivity index is 2.00. The predicted molar refractivity (Wildman–Crippen MR) is 64.1 cm³/mol. The van der Waals surface area contributed by atoms with Crippen molar-refractivity contribution in [1.82, 2.24) is 14.8 Å². The van der Waals surface area contributed by atoms with Gasteiger partial charge in [0.1, 0.15) is 0 Å². The van der Waals surface area contributed by atoms with Gasteiger partial charge in [-0.2, -0.15) is 0 Å². The van der Waals surface area contributed by atoms with Gasteiger partial charge in [-0.3, -0.25) is 14.9 Å². The fraction of sp³-hybridized carbons (Fsp3) is 0.700. The highest BCUT2D eigenvalue weighted by Gasteiger charge is 2.41. The van der Waals surface area contributed by atoms with Gasteiger partial charge in [0.25, 0.3) is 0 Å². The minimum absolute atomic E-state index is 0.0120. The number of aliphatic carboxylic acids is 1. The van der Waals surface area contributed by atoms with Gasteiger partial charge in [-0.1, -0.05) is 28.8 Å². The highest BCUT2D eigenvalue weighted by atomic mass is 32.1. The Morgan fingerprint density at radius 2 is 2.06 bits per heavy atom. The molecule has 0 atom stereocenters. The van der Waals surface area contributed by atoms with Crippen LogP contribution in [-0.4, -0.2) is 31.8 Å². The molecule has 1 aliphatic rings.